The van der Waals surface area contributed by atoms with Crippen molar-refractivity contribution in [1.29, 1.82) is 0 Å². The molecule has 1 saturated heterocycles. The van der Waals surface area contributed by atoms with Crippen LogP contribution in [-0.2, 0) is 4.74 Å². The molecule has 1 unspecified atom stereocenters. The Kier molecular flexibility index (Phi) is 3.84. The van der Waals surface area contributed by atoms with Gasteiger partial charge in [0, 0.05) is 19.1 Å². The molecule has 4 heteroatoms. The standard InChI is InChI=1S/C13H20N2O2/c1-10-4-2-3-5-12(10)15-8-6-11(7-9-15)17-13(14)16/h2-4,11-12H,5-9H2,1H3,(H2,14,16). The number of nitrogens with two attached hydrogens (primary N) is 1. The fourth-order valence-corrected chi connectivity index (χ4v) is 2.63. The molecule has 1 aliphatic heterocycles. The predicted molar refractivity (Wildman–Crippen MR) is 66.6 cm³/mol. The monoisotopic (exact) mass is 236 g/mol. The van der Waals surface area contributed by atoms with Gasteiger partial charge >= 0.3 is 6.09 Å². The number of allylic oxidation sites excluding steroid dienone is 2. The summed E-state index contributed by atoms with van der Waals surface area (Å²) < 4.78 is 5.04. The molecule has 0 spiro atoms. The maximum atomic E-state index is 10.7. The van der Waals surface area contributed by atoms with Gasteiger partial charge in [0.05, 0.1) is 0 Å². The number of rotatable bonds is 2. The highest BCUT2D eigenvalue weighted by atomic mass is 16.6. The Morgan fingerprint density at radius 2 is 2.18 bits per heavy atom. The van der Waals surface area contributed by atoms with Crippen LogP contribution in [0.25, 0.3) is 0 Å². The quantitative estimate of drug-likeness (QED) is 0.795. The first-order valence-corrected chi connectivity index (χ1v) is 6.20. The molecule has 0 saturated carbocycles. The van der Waals surface area contributed by atoms with Crippen LogP contribution < -0.4 is 5.73 Å². The van der Waals surface area contributed by atoms with Crippen molar-refractivity contribution < 1.29 is 9.53 Å². The van der Waals surface area contributed by atoms with Gasteiger partial charge in [-0.1, -0.05) is 23.8 Å². The van der Waals surface area contributed by atoms with Gasteiger partial charge in [-0.05, 0) is 26.2 Å². The SMILES string of the molecule is CC1=CC=CCC1N1CCC(OC(N)=O)CC1. The summed E-state index contributed by atoms with van der Waals surface area (Å²) in [4.78, 5) is 13.1. The number of carbonyl (C=O) groups is 1. The van der Waals surface area contributed by atoms with Crippen LogP contribution in [-0.4, -0.2) is 36.2 Å². The summed E-state index contributed by atoms with van der Waals surface area (Å²) in [6.07, 6.45) is 8.72. The first kappa shape index (κ1) is 12.2. The summed E-state index contributed by atoms with van der Waals surface area (Å²) in [7, 11) is 0. The van der Waals surface area contributed by atoms with Gasteiger partial charge in [0.15, 0.2) is 0 Å². The molecule has 1 amide bonds. The van der Waals surface area contributed by atoms with Crippen molar-refractivity contribution in [2.75, 3.05) is 13.1 Å². The van der Waals surface area contributed by atoms with Crippen LogP contribution in [0.4, 0.5) is 4.79 Å². The van der Waals surface area contributed by atoms with Crippen LogP contribution in [0.3, 0.4) is 0 Å². The van der Waals surface area contributed by atoms with Gasteiger partial charge in [0.2, 0.25) is 0 Å². The van der Waals surface area contributed by atoms with Crippen molar-refractivity contribution in [2.24, 2.45) is 5.73 Å². The minimum absolute atomic E-state index is 0.00664. The van der Waals surface area contributed by atoms with Crippen LogP contribution in [0.2, 0.25) is 0 Å². The molecule has 1 heterocycles. The van der Waals surface area contributed by atoms with E-state index in [0.717, 1.165) is 32.4 Å². The Labute approximate surface area is 102 Å². The lowest BCUT2D eigenvalue weighted by atomic mass is 9.96. The number of nitrogens with zero attached hydrogens (tertiary/aromatic N) is 1. The first-order chi connectivity index (χ1) is 8.16. The molecular formula is C13H20N2O2. The fraction of sp³-hybridized carbons (Fsp3) is 0.615. The molecule has 0 bridgehead atoms. The van der Waals surface area contributed by atoms with Gasteiger partial charge < -0.3 is 10.5 Å². The van der Waals surface area contributed by atoms with E-state index >= 15 is 0 Å². The largest absolute Gasteiger partial charge is 0.446 e. The number of primary amides is 1. The van der Waals surface area contributed by atoms with Crippen molar-refractivity contribution in [3.8, 4) is 0 Å². The minimum atomic E-state index is -0.653. The van der Waals surface area contributed by atoms with Crippen LogP contribution >= 0.6 is 0 Å². The molecular weight excluding hydrogens is 216 g/mol. The lowest BCUT2D eigenvalue weighted by molar-refractivity contribution is 0.0473. The Hall–Kier alpha value is -1.29. The number of amides is 1. The third-order valence-corrected chi connectivity index (χ3v) is 3.58. The van der Waals surface area contributed by atoms with Gasteiger partial charge in [-0.15, -0.1) is 0 Å². The molecule has 4 nitrogen and oxygen atoms in total. The summed E-state index contributed by atoms with van der Waals surface area (Å²) in [5, 5.41) is 0. The zero-order valence-electron chi connectivity index (χ0n) is 10.3. The van der Waals surface area contributed by atoms with Crippen molar-refractivity contribution in [3.05, 3.63) is 23.8 Å². The summed E-state index contributed by atoms with van der Waals surface area (Å²) in [5.74, 6) is 0. The maximum absolute atomic E-state index is 10.7. The topological polar surface area (TPSA) is 55.6 Å². The molecule has 1 aliphatic carbocycles. The molecule has 1 fully saturated rings. The highest BCUT2D eigenvalue weighted by Crippen LogP contribution is 2.23. The van der Waals surface area contributed by atoms with Gasteiger partial charge in [-0.2, -0.15) is 0 Å². The summed E-state index contributed by atoms with van der Waals surface area (Å²) in [6.45, 7) is 4.13. The molecule has 0 aromatic carbocycles. The second-order valence-corrected chi connectivity index (χ2v) is 4.76. The van der Waals surface area contributed by atoms with E-state index in [9.17, 15) is 4.79 Å². The Morgan fingerprint density at radius 1 is 1.47 bits per heavy atom. The molecule has 0 aromatic heterocycles. The average Bonchev–Trinajstić information content (AvgIpc) is 2.30. The molecule has 0 aromatic rings. The highest BCUT2D eigenvalue weighted by Gasteiger charge is 2.27. The highest BCUT2D eigenvalue weighted by molar-refractivity contribution is 5.64. The van der Waals surface area contributed by atoms with Crippen molar-refractivity contribution >= 4 is 6.09 Å². The van der Waals surface area contributed by atoms with Gasteiger partial charge in [-0.3, -0.25) is 4.90 Å². The van der Waals surface area contributed by atoms with E-state index in [1.807, 2.05) is 0 Å². The smallest absolute Gasteiger partial charge is 0.404 e. The van der Waals surface area contributed by atoms with E-state index in [4.69, 9.17) is 10.5 Å². The van der Waals surface area contributed by atoms with Gasteiger partial charge in [0.25, 0.3) is 0 Å². The second-order valence-electron chi connectivity index (χ2n) is 4.76. The number of likely N-dealkylation sites (tertiary alicyclic amines) is 1. The lowest BCUT2D eigenvalue weighted by Crippen LogP contribution is -2.44. The summed E-state index contributed by atoms with van der Waals surface area (Å²) >= 11 is 0. The molecule has 2 aliphatic rings. The van der Waals surface area contributed by atoms with Crippen LogP contribution in [0.5, 0.6) is 0 Å². The van der Waals surface area contributed by atoms with Crippen LogP contribution in [0.15, 0.2) is 23.8 Å². The van der Waals surface area contributed by atoms with Gasteiger partial charge in [-0.25, -0.2) is 4.79 Å². The number of ether oxygens (including phenoxy) is 1. The Morgan fingerprint density at radius 3 is 2.76 bits per heavy atom. The zero-order chi connectivity index (χ0) is 12.3. The van der Waals surface area contributed by atoms with E-state index in [2.05, 4.69) is 30.1 Å². The maximum Gasteiger partial charge on any atom is 0.404 e. The zero-order valence-corrected chi connectivity index (χ0v) is 10.3. The second kappa shape index (κ2) is 5.36. The molecule has 0 radical (unpaired) electrons. The molecule has 17 heavy (non-hydrogen) atoms. The Bertz CT molecular complexity index is 341. The van der Waals surface area contributed by atoms with Crippen molar-refractivity contribution in [2.45, 2.75) is 38.3 Å². The normalized spacial score (nSPS) is 26.6. The molecule has 1 atom stereocenters. The molecule has 2 rings (SSSR count). The fourth-order valence-electron chi connectivity index (χ4n) is 2.63. The lowest BCUT2D eigenvalue weighted by Gasteiger charge is -2.38. The third kappa shape index (κ3) is 3.09. The predicted octanol–water partition coefficient (Wildman–Crippen LogP) is 1.82. The van der Waals surface area contributed by atoms with Gasteiger partial charge in [0.1, 0.15) is 6.10 Å². The number of hydrogen-bond acceptors (Lipinski definition) is 3. The minimum Gasteiger partial charge on any atom is -0.446 e. The molecule has 2 N–H and O–H groups in total. The number of carbonyl (C=O) groups excluding carboxylic acids is 1. The van der Waals surface area contributed by atoms with E-state index in [0.29, 0.717) is 6.04 Å². The van der Waals surface area contributed by atoms with E-state index in [-0.39, 0.29) is 6.10 Å². The van der Waals surface area contributed by atoms with Crippen molar-refractivity contribution in [1.82, 2.24) is 4.90 Å². The van der Waals surface area contributed by atoms with E-state index in [1.54, 1.807) is 0 Å². The molecule has 94 valence electrons. The average molecular weight is 236 g/mol. The Balaban J connectivity index is 1.85. The van der Waals surface area contributed by atoms with E-state index in [1.165, 1.54) is 5.57 Å². The van der Waals surface area contributed by atoms with Crippen LogP contribution in [0, 0.1) is 0 Å². The first-order valence-electron chi connectivity index (χ1n) is 6.20. The van der Waals surface area contributed by atoms with E-state index < -0.39 is 6.09 Å². The summed E-state index contributed by atoms with van der Waals surface area (Å²) in [6, 6.07) is 0.523. The number of hydrogen-bond donors (Lipinski definition) is 1. The van der Waals surface area contributed by atoms with Crippen LogP contribution in [0.1, 0.15) is 26.2 Å². The van der Waals surface area contributed by atoms with Crippen molar-refractivity contribution in [3.63, 3.8) is 0 Å². The third-order valence-electron chi connectivity index (χ3n) is 3.58. The summed E-state index contributed by atoms with van der Waals surface area (Å²) in [5.41, 5.74) is 6.45. The number of piperidine rings is 1.